The van der Waals surface area contributed by atoms with Gasteiger partial charge in [0.15, 0.2) is 0 Å². The number of allylic oxidation sites excluding steroid dienone is 2. The molecule has 1 aromatic heterocycles. The molecule has 1 heterocycles. The quantitative estimate of drug-likeness (QED) is 0.614. The molecule has 1 nitrogen and oxygen atoms in total. The van der Waals surface area contributed by atoms with Gasteiger partial charge in [0.05, 0.1) is 0 Å². The van der Waals surface area contributed by atoms with Gasteiger partial charge >= 0.3 is 0 Å². The van der Waals surface area contributed by atoms with Crippen LogP contribution in [-0.4, -0.2) is 10.3 Å². The Labute approximate surface area is 125 Å². The van der Waals surface area contributed by atoms with Crippen LogP contribution in [0.5, 0.6) is 0 Å². The van der Waals surface area contributed by atoms with E-state index in [9.17, 15) is 0 Å². The smallest absolute Gasteiger partial charge is 0.0499 e. The van der Waals surface area contributed by atoms with Gasteiger partial charge in [0.25, 0.3) is 0 Å². The van der Waals surface area contributed by atoms with Gasteiger partial charge in [0.1, 0.15) is 0 Å². The molecule has 0 aliphatic carbocycles. The van der Waals surface area contributed by atoms with Crippen LogP contribution >= 0.6 is 11.8 Å². The molecule has 0 amide bonds. The first-order chi connectivity index (χ1) is 9.60. The molecule has 0 aliphatic heterocycles. The normalized spacial score (nSPS) is 12.7. The first-order valence-corrected chi connectivity index (χ1v) is 7.73. The van der Waals surface area contributed by atoms with Crippen LogP contribution in [-0.2, 0) is 7.05 Å². The van der Waals surface area contributed by atoms with Crippen LogP contribution in [0.25, 0.3) is 23.6 Å². The number of rotatable bonds is 4. The lowest BCUT2D eigenvalue weighted by molar-refractivity contribution is 0.924. The number of hydrogen-bond donors (Lipinski definition) is 0. The maximum Gasteiger partial charge on any atom is 0.0499 e. The first kappa shape index (κ1) is 14.7. The van der Waals surface area contributed by atoms with Gasteiger partial charge in [-0.05, 0) is 37.6 Å². The molecular formula is C18H21NS. The lowest BCUT2D eigenvalue weighted by Crippen LogP contribution is -2.25. The van der Waals surface area contributed by atoms with Crippen LogP contribution in [0.1, 0.15) is 12.5 Å². The van der Waals surface area contributed by atoms with E-state index in [0.717, 1.165) is 16.3 Å². The van der Waals surface area contributed by atoms with E-state index in [4.69, 9.17) is 0 Å². The summed E-state index contributed by atoms with van der Waals surface area (Å²) in [5.41, 5.74) is 2.55. The fourth-order valence-corrected chi connectivity index (χ4v) is 3.33. The van der Waals surface area contributed by atoms with Gasteiger partial charge in [-0.15, -0.1) is 11.8 Å². The van der Waals surface area contributed by atoms with Crippen LogP contribution in [0, 0.1) is 6.92 Å². The van der Waals surface area contributed by atoms with Crippen molar-refractivity contribution >= 4 is 35.3 Å². The maximum atomic E-state index is 4.22. The zero-order valence-electron chi connectivity index (χ0n) is 12.4. The molecule has 2 heteroatoms. The Hall–Kier alpha value is -1.67. The Morgan fingerprint density at radius 3 is 2.75 bits per heavy atom. The minimum Gasteiger partial charge on any atom is -0.344 e. The summed E-state index contributed by atoms with van der Waals surface area (Å²) >= 11 is 1.87. The van der Waals surface area contributed by atoms with Crippen molar-refractivity contribution in [3.05, 3.63) is 53.1 Å². The summed E-state index contributed by atoms with van der Waals surface area (Å²) in [5.74, 6) is 1.01. The fraction of sp³-hybridized carbons (Fsp3) is 0.222. The molecule has 0 unspecified atom stereocenters. The van der Waals surface area contributed by atoms with Gasteiger partial charge in [0.2, 0.25) is 0 Å². The topological polar surface area (TPSA) is 4.93 Å². The minimum atomic E-state index is 1.01. The summed E-state index contributed by atoms with van der Waals surface area (Å²) in [6.45, 7) is 12.2. The highest BCUT2D eigenvalue weighted by molar-refractivity contribution is 7.99. The molecule has 1 aromatic carbocycles. The highest BCUT2D eigenvalue weighted by Crippen LogP contribution is 2.26. The summed E-state index contributed by atoms with van der Waals surface area (Å²) in [5, 5.41) is 3.44. The predicted octanol–water partition coefficient (Wildman–Crippen LogP) is 3.53. The molecule has 0 bridgehead atoms. The fourth-order valence-electron chi connectivity index (χ4n) is 2.38. The third kappa shape index (κ3) is 2.61. The highest BCUT2D eigenvalue weighted by atomic mass is 32.2. The lowest BCUT2D eigenvalue weighted by Gasteiger charge is -2.06. The van der Waals surface area contributed by atoms with Crippen molar-refractivity contribution in [2.45, 2.75) is 18.7 Å². The number of aromatic nitrogens is 1. The second-order valence-corrected chi connectivity index (χ2v) is 5.90. The Balaban J connectivity index is 2.64. The van der Waals surface area contributed by atoms with Crippen molar-refractivity contribution in [2.24, 2.45) is 7.05 Å². The number of aryl methyl sites for hydroxylation is 2. The van der Waals surface area contributed by atoms with Crippen molar-refractivity contribution < 1.29 is 0 Å². The molecule has 2 aromatic rings. The molecule has 0 fully saturated rings. The molecule has 2 rings (SSSR count). The predicted molar refractivity (Wildman–Crippen MR) is 92.6 cm³/mol. The average molecular weight is 283 g/mol. The number of hydrogen-bond acceptors (Lipinski definition) is 1. The van der Waals surface area contributed by atoms with Gasteiger partial charge in [-0.25, -0.2) is 0 Å². The van der Waals surface area contributed by atoms with Gasteiger partial charge in [0, 0.05) is 39.2 Å². The molecule has 104 valence electrons. The standard InChI is InChI=1S/C18H21NS/c1-6-8-10-20-18-12-17-15(11-13(18)3)14(4)16(9-7-2)19(17)5/h6-9,11-12H,2,4,10H2,1,3,5H3/b8-6-,16-9+. The third-order valence-corrected chi connectivity index (χ3v) is 4.61. The van der Waals surface area contributed by atoms with Crippen LogP contribution in [0.4, 0.5) is 0 Å². The van der Waals surface area contributed by atoms with E-state index >= 15 is 0 Å². The second-order valence-electron chi connectivity index (χ2n) is 4.84. The molecule has 0 saturated heterocycles. The Morgan fingerprint density at radius 1 is 1.35 bits per heavy atom. The summed E-state index contributed by atoms with van der Waals surface area (Å²) in [6, 6.07) is 4.52. The first-order valence-electron chi connectivity index (χ1n) is 6.74. The number of benzene rings is 1. The Bertz CT molecular complexity index is 778. The van der Waals surface area contributed by atoms with Gasteiger partial charge in [-0.3, -0.25) is 0 Å². The molecule has 0 spiro atoms. The average Bonchev–Trinajstić information content (AvgIpc) is 2.65. The summed E-state index contributed by atoms with van der Waals surface area (Å²) in [7, 11) is 2.09. The van der Waals surface area contributed by atoms with Crippen molar-refractivity contribution in [1.29, 1.82) is 0 Å². The largest absolute Gasteiger partial charge is 0.344 e. The maximum absolute atomic E-state index is 4.22. The summed E-state index contributed by atoms with van der Waals surface area (Å²) in [6.07, 6.45) is 8.11. The Morgan fingerprint density at radius 2 is 2.10 bits per heavy atom. The molecule has 20 heavy (non-hydrogen) atoms. The van der Waals surface area contributed by atoms with Gasteiger partial charge in [-0.1, -0.05) is 31.4 Å². The van der Waals surface area contributed by atoms with Crippen molar-refractivity contribution in [3.8, 4) is 0 Å². The molecule has 0 aliphatic rings. The van der Waals surface area contributed by atoms with Crippen molar-refractivity contribution in [3.63, 3.8) is 0 Å². The van der Waals surface area contributed by atoms with E-state index in [0.29, 0.717) is 0 Å². The SMILES string of the molecule is C=C/C=c1\c(=C)c2cc(C)c(SC/C=C\C)cc2n1C. The van der Waals surface area contributed by atoms with E-state index in [1.54, 1.807) is 0 Å². The van der Waals surface area contributed by atoms with E-state index in [2.05, 4.69) is 62.9 Å². The Kier molecular flexibility index (Phi) is 4.56. The highest BCUT2D eigenvalue weighted by Gasteiger charge is 2.07. The van der Waals surface area contributed by atoms with Crippen LogP contribution in [0.3, 0.4) is 0 Å². The number of fused-ring (bicyclic) bond motifs is 1. The molecular weight excluding hydrogens is 262 g/mol. The molecule has 0 saturated carbocycles. The minimum absolute atomic E-state index is 1.01. The van der Waals surface area contributed by atoms with Crippen molar-refractivity contribution in [2.75, 3.05) is 5.75 Å². The van der Waals surface area contributed by atoms with E-state index in [1.807, 2.05) is 23.9 Å². The monoisotopic (exact) mass is 283 g/mol. The third-order valence-electron chi connectivity index (χ3n) is 3.50. The van der Waals surface area contributed by atoms with Crippen LogP contribution in [0.15, 0.2) is 41.8 Å². The molecule has 0 N–H and O–H groups in total. The molecule has 0 atom stereocenters. The lowest BCUT2D eigenvalue weighted by atomic mass is 10.1. The number of thioether (sulfide) groups is 1. The van der Waals surface area contributed by atoms with Crippen LogP contribution in [0.2, 0.25) is 0 Å². The van der Waals surface area contributed by atoms with E-state index in [1.165, 1.54) is 21.4 Å². The zero-order valence-corrected chi connectivity index (χ0v) is 13.3. The zero-order chi connectivity index (χ0) is 14.7. The van der Waals surface area contributed by atoms with Crippen molar-refractivity contribution in [1.82, 2.24) is 4.57 Å². The molecule has 0 radical (unpaired) electrons. The van der Waals surface area contributed by atoms with Crippen LogP contribution < -0.4 is 10.6 Å². The summed E-state index contributed by atoms with van der Waals surface area (Å²) < 4.78 is 2.19. The second kappa shape index (κ2) is 6.19. The van der Waals surface area contributed by atoms with E-state index < -0.39 is 0 Å². The van der Waals surface area contributed by atoms with E-state index in [-0.39, 0.29) is 0 Å². The summed E-state index contributed by atoms with van der Waals surface area (Å²) in [4.78, 5) is 1.33. The van der Waals surface area contributed by atoms with Gasteiger partial charge in [-0.2, -0.15) is 0 Å². The number of nitrogens with zero attached hydrogens (tertiary/aromatic N) is 1. The van der Waals surface area contributed by atoms with Gasteiger partial charge < -0.3 is 4.57 Å².